The van der Waals surface area contributed by atoms with Crippen molar-refractivity contribution in [3.63, 3.8) is 0 Å². The molecule has 4 heteroatoms. The number of halogens is 1. The van der Waals surface area contributed by atoms with Gasteiger partial charge in [0.2, 0.25) is 0 Å². The maximum Gasteiger partial charge on any atom is 0.0546 e. The number of aliphatic hydroxyl groups is 1. The van der Waals surface area contributed by atoms with Gasteiger partial charge in [0, 0.05) is 25.3 Å². The molecule has 1 fully saturated rings. The van der Waals surface area contributed by atoms with Crippen molar-refractivity contribution in [2.24, 2.45) is 5.92 Å². The maximum atomic E-state index is 9.32. The van der Waals surface area contributed by atoms with Gasteiger partial charge in [0.05, 0.1) is 6.10 Å². The Kier molecular flexibility index (Phi) is 4.71. The van der Waals surface area contributed by atoms with Crippen molar-refractivity contribution in [2.75, 3.05) is 25.5 Å². The second-order valence-electron chi connectivity index (χ2n) is 5.82. The fourth-order valence-corrected chi connectivity index (χ4v) is 3.19. The predicted molar refractivity (Wildman–Crippen MR) is 80.9 cm³/mol. The zero-order chi connectivity index (χ0) is 12.5. The molecule has 0 aromatic heterocycles. The molecule has 2 aliphatic rings. The number of fused-ring (bicyclic) bond motifs is 1. The first-order chi connectivity index (χ1) is 8.72. The van der Waals surface area contributed by atoms with Crippen molar-refractivity contribution < 1.29 is 5.11 Å². The Labute approximate surface area is 121 Å². The van der Waals surface area contributed by atoms with E-state index in [4.69, 9.17) is 0 Å². The summed E-state index contributed by atoms with van der Waals surface area (Å²) in [5.74, 6) is 0.690. The summed E-state index contributed by atoms with van der Waals surface area (Å²) in [5, 5.41) is 12.8. The van der Waals surface area contributed by atoms with Crippen molar-refractivity contribution >= 4 is 18.1 Å². The topological polar surface area (TPSA) is 35.5 Å². The average molecular weight is 283 g/mol. The molecule has 1 aromatic carbocycles. The summed E-state index contributed by atoms with van der Waals surface area (Å²) >= 11 is 0. The fraction of sp³-hybridized carbons (Fsp3) is 0.600. The second-order valence-corrected chi connectivity index (χ2v) is 5.82. The van der Waals surface area contributed by atoms with Crippen molar-refractivity contribution in [1.29, 1.82) is 0 Å². The number of anilines is 1. The highest BCUT2D eigenvalue weighted by Gasteiger charge is 2.28. The first-order valence-corrected chi connectivity index (χ1v) is 6.93. The maximum absolute atomic E-state index is 9.32. The van der Waals surface area contributed by atoms with Crippen LogP contribution in [0.2, 0.25) is 0 Å². The van der Waals surface area contributed by atoms with Crippen LogP contribution in [-0.4, -0.2) is 36.2 Å². The molecule has 0 bridgehead atoms. The van der Waals surface area contributed by atoms with E-state index in [1.54, 1.807) is 0 Å². The fourth-order valence-electron chi connectivity index (χ4n) is 3.19. The lowest BCUT2D eigenvalue weighted by Crippen LogP contribution is -2.36. The monoisotopic (exact) mass is 282 g/mol. The molecule has 0 unspecified atom stereocenters. The Morgan fingerprint density at radius 2 is 2.16 bits per heavy atom. The SMILES string of the molecule is CN(Cc1cccc2c1NCC2)CC1CC(O)C1.Cl. The number of hydrogen-bond acceptors (Lipinski definition) is 3. The van der Waals surface area contributed by atoms with Gasteiger partial charge in [-0.15, -0.1) is 12.4 Å². The molecule has 19 heavy (non-hydrogen) atoms. The van der Waals surface area contributed by atoms with Crippen LogP contribution in [0.25, 0.3) is 0 Å². The van der Waals surface area contributed by atoms with Gasteiger partial charge in [-0.25, -0.2) is 0 Å². The number of hydrogen-bond donors (Lipinski definition) is 2. The van der Waals surface area contributed by atoms with Crippen molar-refractivity contribution in [3.8, 4) is 0 Å². The van der Waals surface area contributed by atoms with Crippen LogP contribution in [0.15, 0.2) is 18.2 Å². The average Bonchev–Trinajstić information content (AvgIpc) is 2.76. The van der Waals surface area contributed by atoms with Crippen molar-refractivity contribution in [2.45, 2.75) is 31.9 Å². The van der Waals surface area contributed by atoms with Crippen LogP contribution in [0, 0.1) is 5.92 Å². The third-order valence-electron chi connectivity index (χ3n) is 4.15. The zero-order valence-electron chi connectivity index (χ0n) is 11.4. The molecule has 1 aliphatic heterocycles. The van der Waals surface area contributed by atoms with Crippen molar-refractivity contribution in [3.05, 3.63) is 29.3 Å². The van der Waals surface area contributed by atoms with Gasteiger partial charge in [-0.3, -0.25) is 0 Å². The number of benzene rings is 1. The van der Waals surface area contributed by atoms with E-state index in [0.29, 0.717) is 5.92 Å². The highest BCUT2D eigenvalue weighted by molar-refractivity contribution is 5.85. The van der Waals surface area contributed by atoms with E-state index < -0.39 is 0 Å². The summed E-state index contributed by atoms with van der Waals surface area (Å²) in [6.07, 6.45) is 3.08. The second kappa shape index (κ2) is 6.12. The minimum atomic E-state index is -0.0361. The number of aliphatic hydroxyl groups excluding tert-OH is 1. The van der Waals surface area contributed by atoms with E-state index in [1.165, 1.54) is 16.8 Å². The Bertz CT molecular complexity index is 432. The van der Waals surface area contributed by atoms with E-state index in [0.717, 1.165) is 38.9 Å². The van der Waals surface area contributed by atoms with Gasteiger partial charge in [0.1, 0.15) is 0 Å². The van der Waals surface area contributed by atoms with E-state index in [9.17, 15) is 5.11 Å². The van der Waals surface area contributed by atoms with Crippen LogP contribution in [0.1, 0.15) is 24.0 Å². The number of para-hydroxylation sites is 1. The molecule has 1 heterocycles. The predicted octanol–water partition coefficient (Wildman–Crippen LogP) is 2.28. The van der Waals surface area contributed by atoms with Gasteiger partial charge < -0.3 is 15.3 Å². The normalized spacial score (nSPS) is 24.4. The number of nitrogens with one attached hydrogen (secondary N) is 1. The molecular formula is C15H23ClN2O. The summed E-state index contributed by atoms with van der Waals surface area (Å²) in [4.78, 5) is 2.38. The minimum absolute atomic E-state index is 0. The molecule has 0 spiro atoms. The van der Waals surface area contributed by atoms with Crippen LogP contribution >= 0.6 is 12.4 Å². The van der Waals surface area contributed by atoms with Gasteiger partial charge in [-0.1, -0.05) is 18.2 Å². The Balaban J connectivity index is 0.00000133. The van der Waals surface area contributed by atoms with Gasteiger partial charge >= 0.3 is 0 Å². The lowest BCUT2D eigenvalue weighted by atomic mass is 9.82. The molecule has 2 N–H and O–H groups in total. The van der Waals surface area contributed by atoms with Gasteiger partial charge in [0.15, 0.2) is 0 Å². The summed E-state index contributed by atoms with van der Waals surface area (Å²) < 4.78 is 0. The Hall–Kier alpha value is -0.770. The van der Waals surface area contributed by atoms with Crippen LogP contribution in [-0.2, 0) is 13.0 Å². The molecular weight excluding hydrogens is 260 g/mol. The molecule has 3 rings (SSSR count). The number of nitrogens with zero attached hydrogens (tertiary/aromatic N) is 1. The summed E-state index contributed by atoms with van der Waals surface area (Å²) in [6.45, 7) is 3.17. The van der Waals surface area contributed by atoms with Crippen LogP contribution in [0.4, 0.5) is 5.69 Å². The molecule has 1 aromatic rings. The minimum Gasteiger partial charge on any atom is -0.393 e. The third kappa shape index (κ3) is 3.22. The van der Waals surface area contributed by atoms with Crippen LogP contribution in [0.5, 0.6) is 0 Å². The highest BCUT2D eigenvalue weighted by atomic mass is 35.5. The van der Waals surface area contributed by atoms with Gasteiger partial charge in [-0.2, -0.15) is 0 Å². The molecule has 0 amide bonds. The molecule has 1 saturated carbocycles. The van der Waals surface area contributed by atoms with Gasteiger partial charge in [-0.05, 0) is 43.4 Å². The molecule has 1 aliphatic carbocycles. The van der Waals surface area contributed by atoms with E-state index in [1.807, 2.05) is 0 Å². The van der Waals surface area contributed by atoms with E-state index in [-0.39, 0.29) is 18.5 Å². The quantitative estimate of drug-likeness (QED) is 0.889. The summed E-state index contributed by atoms with van der Waals surface area (Å²) in [6, 6.07) is 6.62. The van der Waals surface area contributed by atoms with Crippen LogP contribution < -0.4 is 5.32 Å². The molecule has 0 saturated heterocycles. The number of rotatable bonds is 4. The molecule has 3 nitrogen and oxygen atoms in total. The first kappa shape index (κ1) is 14.6. The largest absolute Gasteiger partial charge is 0.393 e. The van der Waals surface area contributed by atoms with E-state index >= 15 is 0 Å². The smallest absolute Gasteiger partial charge is 0.0546 e. The highest BCUT2D eigenvalue weighted by Crippen LogP contribution is 2.30. The molecule has 0 radical (unpaired) electrons. The lowest BCUT2D eigenvalue weighted by Gasteiger charge is -2.34. The lowest BCUT2D eigenvalue weighted by molar-refractivity contribution is 0.0274. The Morgan fingerprint density at radius 3 is 2.89 bits per heavy atom. The first-order valence-electron chi connectivity index (χ1n) is 6.93. The zero-order valence-corrected chi connectivity index (χ0v) is 12.2. The summed E-state index contributed by atoms with van der Waals surface area (Å²) in [7, 11) is 2.18. The van der Waals surface area contributed by atoms with Crippen LogP contribution in [0.3, 0.4) is 0 Å². The third-order valence-corrected chi connectivity index (χ3v) is 4.15. The molecule has 106 valence electrons. The van der Waals surface area contributed by atoms with Crippen molar-refractivity contribution in [1.82, 2.24) is 4.90 Å². The van der Waals surface area contributed by atoms with Gasteiger partial charge in [0.25, 0.3) is 0 Å². The van der Waals surface area contributed by atoms with E-state index in [2.05, 4.69) is 35.5 Å². The Morgan fingerprint density at radius 1 is 1.37 bits per heavy atom. The summed E-state index contributed by atoms with van der Waals surface area (Å²) in [5.41, 5.74) is 4.23. The molecule has 0 atom stereocenters. The standard InChI is InChI=1S/C15H22N2O.ClH/c1-17(9-11-7-14(18)8-11)10-13-4-2-3-12-5-6-16-15(12)13;/h2-4,11,14,16,18H,5-10H2,1H3;1H.